The smallest absolute Gasteiger partial charge is 0.235 e. The van der Waals surface area contributed by atoms with Crippen LogP contribution in [0.15, 0.2) is 21.6 Å². The Balaban J connectivity index is 3.47. The third-order valence-electron chi connectivity index (χ3n) is 2.20. The third-order valence-corrected chi connectivity index (χ3v) is 2.65. The van der Waals surface area contributed by atoms with E-state index in [0.29, 0.717) is 10.0 Å². The van der Waals surface area contributed by atoms with Crippen molar-refractivity contribution in [1.29, 1.82) is 0 Å². The van der Waals surface area contributed by atoms with Crippen molar-refractivity contribution in [3.63, 3.8) is 0 Å². The topological polar surface area (TPSA) is 38.7 Å². The molecule has 0 saturated heterocycles. The average Bonchev–Trinajstić information content (AvgIpc) is 2.16. The number of isocyanates is 1. The fourth-order valence-electron chi connectivity index (χ4n) is 1.40. The third kappa shape index (κ3) is 2.49. The van der Waals surface area contributed by atoms with Crippen molar-refractivity contribution in [2.24, 2.45) is 4.99 Å². The number of benzene rings is 1. The van der Waals surface area contributed by atoms with Gasteiger partial charge in [-0.25, -0.2) is 9.18 Å². The molecule has 0 bridgehead atoms. The average molecular weight is 288 g/mol. The summed E-state index contributed by atoms with van der Waals surface area (Å²) >= 11 is 3.18. The lowest BCUT2D eigenvalue weighted by Gasteiger charge is -2.21. The Morgan fingerprint density at radius 3 is 2.62 bits per heavy atom. The van der Waals surface area contributed by atoms with E-state index in [1.807, 2.05) is 0 Å². The highest BCUT2D eigenvalue weighted by molar-refractivity contribution is 9.10. The number of carbonyl (C=O) groups excluding carboxylic acids is 1. The van der Waals surface area contributed by atoms with Gasteiger partial charge in [-0.2, -0.15) is 4.99 Å². The predicted octanol–water partition coefficient (Wildman–Crippen LogP) is 3.17. The van der Waals surface area contributed by atoms with Gasteiger partial charge in [0.2, 0.25) is 6.08 Å². The molecule has 0 radical (unpaired) electrons. The van der Waals surface area contributed by atoms with Crippen LogP contribution in [0.25, 0.3) is 0 Å². The van der Waals surface area contributed by atoms with Crippen LogP contribution in [-0.2, 0) is 10.3 Å². The molecule has 0 N–H and O–H groups in total. The highest BCUT2D eigenvalue weighted by Crippen LogP contribution is 2.36. The summed E-state index contributed by atoms with van der Waals surface area (Å²) in [5.41, 5.74) is -0.386. The SMILES string of the molecule is COc1c(F)cc(Br)cc1C(C)(C)N=C=O. The summed E-state index contributed by atoms with van der Waals surface area (Å²) < 4.78 is 19.1. The summed E-state index contributed by atoms with van der Waals surface area (Å²) in [7, 11) is 1.37. The van der Waals surface area contributed by atoms with Gasteiger partial charge < -0.3 is 4.74 Å². The standard InChI is InChI=1S/C11H11BrFNO2/c1-11(2,14-6-15)8-4-7(12)5-9(13)10(8)16-3/h4-5H,1-3H3. The van der Waals surface area contributed by atoms with Crippen LogP contribution in [0.5, 0.6) is 5.75 Å². The first-order chi connectivity index (χ1) is 7.42. The van der Waals surface area contributed by atoms with Crippen LogP contribution in [0, 0.1) is 5.82 Å². The zero-order valence-corrected chi connectivity index (χ0v) is 10.8. The van der Waals surface area contributed by atoms with Crippen molar-refractivity contribution in [1.82, 2.24) is 0 Å². The lowest BCUT2D eigenvalue weighted by Crippen LogP contribution is -2.15. The van der Waals surface area contributed by atoms with Crippen LogP contribution in [0.2, 0.25) is 0 Å². The number of rotatable bonds is 3. The Kier molecular flexibility index (Phi) is 3.83. The maximum Gasteiger partial charge on any atom is 0.235 e. The Bertz CT molecular complexity index is 454. The van der Waals surface area contributed by atoms with E-state index in [4.69, 9.17) is 4.74 Å². The molecule has 16 heavy (non-hydrogen) atoms. The van der Waals surface area contributed by atoms with Crippen molar-refractivity contribution in [2.45, 2.75) is 19.4 Å². The Labute approximate surface area is 101 Å². The van der Waals surface area contributed by atoms with Crippen molar-refractivity contribution in [2.75, 3.05) is 7.11 Å². The summed E-state index contributed by atoms with van der Waals surface area (Å²) in [5.74, 6) is -0.409. The second-order valence-corrected chi connectivity index (χ2v) is 4.65. The highest BCUT2D eigenvalue weighted by Gasteiger charge is 2.26. The normalized spacial score (nSPS) is 10.8. The summed E-state index contributed by atoms with van der Waals surface area (Å²) in [6, 6.07) is 2.96. The second-order valence-electron chi connectivity index (χ2n) is 3.73. The number of ether oxygens (including phenoxy) is 1. The van der Waals surface area contributed by atoms with Crippen LogP contribution in [0.1, 0.15) is 19.4 Å². The minimum atomic E-state index is -0.877. The van der Waals surface area contributed by atoms with Crippen LogP contribution in [0.4, 0.5) is 4.39 Å². The molecule has 0 heterocycles. The second kappa shape index (κ2) is 4.76. The fraction of sp³-hybridized carbons (Fsp3) is 0.364. The van der Waals surface area contributed by atoms with Gasteiger partial charge >= 0.3 is 0 Å². The molecule has 0 aliphatic carbocycles. The Hall–Kier alpha value is -1.19. The van der Waals surface area contributed by atoms with E-state index < -0.39 is 11.4 Å². The first-order valence-corrected chi connectivity index (χ1v) is 5.34. The maximum atomic E-state index is 13.6. The molecular weight excluding hydrogens is 277 g/mol. The molecule has 1 rings (SSSR count). The van der Waals surface area contributed by atoms with Crippen molar-refractivity contribution in [3.8, 4) is 5.75 Å². The van der Waals surface area contributed by atoms with E-state index in [-0.39, 0.29) is 5.75 Å². The van der Waals surface area contributed by atoms with Crippen molar-refractivity contribution < 1.29 is 13.9 Å². The van der Waals surface area contributed by atoms with E-state index in [9.17, 15) is 9.18 Å². The van der Waals surface area contributed by atoms with E-state index >= 15 is 0 Å². The van der Waals surface area contributed by atoms with Crippen LogP contribution < -0.4 is 4.74 Å². The van der Waals surface area contributed by atoms with Gasteiger partial charge in [-0.15, -0.1) is 0 Å². The summed E-state index contributed by atoms with van der Waals surface area (Å²) in [6.07, 6.45) is 1.48. The van der Waals surface area contributed by atoms with Crippen LogP contribution in [0.3, 0.4) is 0 Å². The molecule has 1 aromatic carbocycles. The maximum absolute atomic E-state index is 13.6. The molecule has 1 aromatic rings. The van der Waals surface area contributed by atoms with Gasteiger partial charge in [0.1, 0.15) is 0 Å². The van der Waals surface area contributed by atoms with Crippen molar-refractivity contribution >= 4 is 22.0 Å². The van der Waals surface area contributed by atoms with Gasteiger partial charge in [-0.05, 0) is 26.0 Å². The fourth-order valence-corrected chi connectivity index (χ4v) is 1.83. The first kappa shape index (κ1) is 12.9. The Morgan fingerprint density at radius 2 is 2.12 bits per heavy atom. The number of aliphatic imine (C=N–C) groups is 1. The highest BCUT2D eigenvalue weighted by atomic mass is 79.9. The molecule has 0 aliphatic rings. The molecule has 0 spiro atoms. The van der Waals surface area contributed by atoms with Gasteiger partial charge in [0.05, 0.1) is 12.6 Å². The van der Waals surface area contributed by atoms with Crippen LogP contribution >= 0.6 is 15.9 Å². The largest absolute Gasteiger partial charge is 0.493 e. The molecule has 0 saturated carbocycles. The molecule has 3 nitrogen and oxygen atoms in total. The van der Waals surface area contributed by atoms with Gasteiger partial charge in [-0.1, -0.05) is 15.9 Å². The lowest BCUT2D eigenvalue weighted by atomic mass is 9.94. The zero-order valence-electron chi connectivity index (χ0n) is 9.17. The minimum absolute atomic E-state index is 0.0900. The van der Waals surface area contributed by atoms with Gasteiger partial charge in [-0.3, -0.25) is 0 Å². The predicted molar refractivity (Wildman–Crippen MR) is 61.8 cm³/mol. The molecule has 0 unspecified atom stereocenters. The number of halogens is 2. The summed E-state index contributed by atoms with van der Waals surface area (Å²) in [6.45, 7) is 3.36. The minimum Gasteiger partial charge on any atom is -0.493 e. The molecule has 5 heteroatoms. The number of nitrogens with zero attached hydrogens (tertiary/aromatic N) is 1. The lowest BCUT2D eigenvalue weighted by molar-refractivity contribution is 0.368. The number of methoxy groups -OCH3 is 1. The zero-order chi connectivity index (χ0) is 12.3. The van der Waals surface area contributed by atoms with Crippen LogP contribution in [-0.4, -0.2) is 13.2 Å². The quantitative estimate of drug-likeness (QED) is 0.633. The van der Waals surface area contributed by atoms with Gasteiger partial charge in [0.15, 0.2) is 11.6 Å². The van der Waals surface area contributed by atoms with E-state index in [0.717, 1.165) is 0 Å². The van der Waals surface area contributed by atoms with Gasteiger partial charge in [0, 0.05) is 10.0 Å². The molecular formula is C11H11BrFNO2. The molecule has 0 aromatic heterocycles. The molecule has 0 amide bonds. The van der Waals surface area contributed by atoms with E-state index in [2.05, 4.69) is 20.9 Å². The van der Waals surface area contributed by atoms with E-state index in [1.165, 1.54) is 19.3 Å². The number of hydrogen-bond acceptors (Lipinski definition) is 3. The Morgan fingerprint density at radius 1 is 1.50 bits per heavy atom. The van der Waals surface area contributed by atoms with Crippen molar-refractivity contribution in [3.05, 3.63) is 28.0 Å². The number of hydrogen-bond donors (Lipinski definition) is 0. The molecule has 0 fully saturated rings. The monoisotopic (exact) mass is 287 g/mol. The first-order valence-electron chi connectivity index (χ1n) is 4.55. The summed E-state index contributed by atoms with van der Waals surface area (Å²) in [5, 5.41) is 0. The molecule has 86 valence electrons. The summed E-state index contributed by atoms with van der Waals surface area (Å²) in [4.78, 5) is 14.0. The van der Waals surface area contributed by atoms with E-state index in [1.54, 1.807) is 19.9 Å². The van der Waals surface area contributed by atoms with Gasteiger partial charge in [0.25, 0.3) is 0 Å². The molecule has 0 aliphatic heterocycles. The molecule has 0 atom stereocenters.